The maximum absolute atomic E-state index is 12.5. The third-order valence-corrected chi connectivity index (χ3v) is 3.62. The second-order valence-corrected chi connectivity index (χ2v) is 5.93. The van der Waals surface area contributed by atoms with Crippen LogP contribution in [0.1, 0.15) is 33.5 Å². The Bertz CT molecular complexity index is 659. The molecule has 5 heteroatoms. The molecule has 1 N–H and O–H groups in total. The summed E-state index contributed by atoms with van der Waals surface area (Å²) in [6.07, 6.45) is 0. The molecule has 2 aromatic rings. The smallest absolute Gasteiger partial charge is 0.287 e. The summed E-state index contributed by atoms with van der Waals surface area (Å²) in [5.41, 5.74) is 1.87. The van der Waals surface area contributed by atoms with Crippen LogP contribution in [-0.2, 0) is 0 Å². The van der Waals surface area contributed by atoms with Crippen molar-refractivity contribution in [3.63, 3.8) is 0 Å². The zero-order valence-electron chi connectivity index (χ0n) is 14.3. The van der Waals surface area contributed by atoms with Gasteiger partial charge in [0.25, 0.3) is 5.91 Å². The minimum absolute atomic E-state index is 0.131. The molecular formula is C18H24N2O3. The average molecular weight is 316 g/mol. The van der Waals surface area contributed by atoms with E-state index in [2.05, 4.69) is 5.32 Å². The summed E-state index contributed by atoms with van der Waals surface area (Å²) in [5.74, 6) is 1.71. The number of furan rings is 1. The van der Waals surface area contributed by atoms with Gasteiger partial charge in [0.1, 0.15) is 11.5 Å². The fourth-order valence-electron chi connectivity index (χ4n) is 2.53. The molecule has 1 heterocycles. The first-order valence-electron chi connectivity index (χ1n) is 7.57. The monoisotopic (exact) mass is 316 g/mol. The lowest BCUT2D eigenvalue weighted by Gasteiger charge is -2.22. The summed E-state index contributed by atoms with van der Waals surface area (Å²) >= 11 is 0. The van der Waals surface area contributed by atoms with Crippen LogP contribution in [0.2, 0.25) is 0 Å². The molecule has 1 amide bonds. The van der Waals surface area contributed by atoms with Crippen LogP contribution >= 0.6 is 0 Å². The van der Waals surface area contributed by atoms with Crippen LogP contribution in [0.4, 0.5) is 0 Å². The third-order valence-electron chi connectivity index (χ3n) is 3.62. The van der Waals surface area contributed by atoms with Gasteiger partial charge < -0.3 is 19.4 Å². The molecule has 0 aliphatic rings. The van der Waals surface area contributed by atoms with E-state index in [0.717, 1.165) is 22.6 Å². The lowest BCUT2D eigenvalue weighted by Crippen LogP contribution is -2.35. The molecule has 0 aliphatic carbocycles. The van der Waals surface area contributed by atoms with Crippen LogP contribution in [0.15, 0.2) is 34.7 Å². The molecule has 0 bridgehead atoms. The average Bonchev–Trinajstić information content (AvgIpc) is 2.85. The van der Waals surface area contributed by atoms with Crippen molar-refractivity contribution in [2.45, 2.75) is 19.9 Å². The molecule has 0 aliphatic heterocycles. The zero-order chi connectivity index (χ0) is 17.0. The van der Waals surface area contributed by atoms with E-state index in [0.29, 0.717) is 12.3 Å². The fourth-order valence-corrected chi connectivity index (χ4v) is 2.53. The lowest BCUT2D eigenvalue weighted by molar-refractivity contribution is 0.0899. The summed E-state index contributed by atoms with van der Waals surface area (Å²) in [6, 6.07) is 9.46. The van der Waals surface area contributed by atoms with E-state index in [1.165, 1.54) is 0 Å². The number of methoxy groups -OCH3 is 1. The van der Waals surface area contributed by atoms with Crippen LogP contribution in [-0.4, -0.2) is 38.6 Å². The van der Waals surface area contributed by atoms with Gasteiger partial charge in [0.05, 0.1) is 13.2 Å². The number of rotatable bonds is 6. The van der Waals surface area contributed by atoms with Crippen molar-refractivity contribution >= 4 is 5.91 Å². The third kappa shape index (κ3) is 4.36. The summed E-state index contributed by atoms with van der Waals surface area (Å²) in [7, 11) is 5.59. The van der Waals surface area contributed by atoms with Crippen LogP contribution in [0.5, 0.6) is 5.75 Å². The second-order valence-electron chi connectivity index (χ2n) is 5.93. The van der Waals surface area contributed by atoms with E-state index in [4.69, 9.17) is 9.15 Å². The number of nitrogens with one attached hydrogen (secondary N) is 1. The number of carbonyl (C=O) groups excluding carboxylic acids is 1. The maximum Gasteiger partial charge on any atom is 0.287 e. The quantitative estimate of drug-likeness (QED) is 0.890. The van der Waals surface area contributed by atoms with Crippen molar-refractivity contribution < 1.29 is 13.9 Å². The Morgan fingerprint density at radius 1 is 1.26 bits per heavy atom. The molecule has 1 atom stereocenters. The minimum Gasteiger partial charge on any atom is -0.497 e. The van der Waals surface area contributed by atoms with Gasteiger partial charge in [-0.25, -0.2) is 0 Å². The van der Waals surface area contributed by atoms with Gasteiger partial charge in [-0.3, -0.25) is 4.79 Å². The van der Waals surface area contributed by atoms with Gasteiger partial charge in [-0.15, -0.1) is 0 Å². The lowest BCUT2D eigenvalue weighted by atomic mass is 10.1. The Kier molecular flexibility index (Phi) is 5.45. The number of carbonyl (C=O) groups is 1. The van der Waals surface area contributed by atoms with Crippen LogP contribution in [0, 0.1) is 13.8 Å². The first-order chi connectivity index (χ1) is 10.9. The van der Waals surface area contributed by atoms with Gasteiger partial charge in [0, 0.05) is 12.1 Å². The highest BCUT2D eigenvalue weighted by molar-refractivity contribution is 5.93. The Morgan fingerprint density at radius 3 is 2.39 bits per heavy atom. The molecule has 0 saturated carbocycles. The van der Waals surface area contributed by atoms with E-state index in [-0.39, 0.29) is 11.9 Å². The predicted octanol–water partition coefficient (Wildman–Crippen LogP) is 2.94. The maximum atomic E-state index is 12.5. The second kappa shape index (κ2) is 7.33. The topological polar surface area (TPSA) is 54.7 Å². The number of hydrogen-bond acceptors (Lipinski definition) is 4. The molecule has 1 aromatic heterocycles. The molecule has 0 saturated heterocycles. The summed E-state index contributed by atoms with van der Waals surface area (Å²) < 4.78 is 10.7. The van der Waals surface area contributed by atoms with Gasteiger partial charge in [0.2, 0.25) is 0 Å². The Balaban J connectivity index is 2.20. The minimum atomic E-state index is -0.196. The number of ether oxygens (including phenoxy) is 1. The van der Waals surface area contributed by atoms with E-state index in [9.17, 15) is 4.79 Å². The molecule has 0 radical (unpaired) electrons. The highest BCUT2D eigenvalue weighted by atomic mass is 16.5. The predicted molar refractivity (Wildman–Crippen MR) is 89.9 cm³/mol. The SMILES string of the molecule is COc1ccc([C@@H](CN(C)C)NC(=O)c2oc(C)cc2C)cc1. The Morgan fingerprint density at radius 2 is 1.91 bits per heavy atom. The van der Waals surface area contributed by atoms with E-state index >= 15 is 0 Å². The highest BCUT2D eigenvalue weighted by Gasteiger charge is 2.20. The van der Waals surface area contributed by atoms with E-state index in [1.54, 1.807) is 7.11 Å². The van der Waals surface area contributed by atoms with Crippen LogP contribution in [0.3, 0.4) is 0 Å². The van der Waals surface area contributed by atoms with Crippen LogP contribution < -0.4 is 10.1 Å². The van der Waals surface area contributed by atoms with Crippen molar-refractivity contribution in [2.75, 3.05) is 27.7 Å². The zero-order valence-corrected chi connectivity index (χ0v) is 14.3. The number of likely N-dealkylation sites (N-methyl/N-ethyl adjacent to an activating group) is 1. The molecule has 0 fully saturated rings. The van der Waals surface area contributed by atoms with Gasteiger partial charge >= 0.3 is 0 Å². The number of amides is 1. The molecule has 23 heavy (non-hydrogen) atoms. The van der Waals surface area contributed by atoms with Crippen molar-refractivity contribution in [1.29, 1.82) is 0 Å². The molecule has 124 valence electrons. The van der Waals surface area contributed by atoms with Crippen molar-refractivity contribution in [3.05, 3.63) is 53.0 Å². The Labute approximate surface area is 137 Å². The van der Waals surface area contributed by atoms with Gasteiger partial charge in [-0.05, 0) is 51.7 Å². The molecule has 5 nitrogen and oxygen atoms in total. The molecule has 1 aromatic carbocycles. The standard InChI is InChI=1S/C18H24N2O3/c1-12-10-13(2)23-17(12)18(21)19-16(11-20(3)4)14-6-8-15(22-5)9-7-14/h6-10,16H,11H2,1-5H3,(H,19,21)/t16-/m1/s1. The molecular weight excluding hydrogens is 292 g/mol. The first-order valence-corrected chi connectivity index (χ1v) is 7.57. The van der Waals surface area contributed by atoms with Gasteiger partial charge in [-0.2, -0.15) is 0 Å². The summed E-state index contributed by atoms with van der Waals surface area (Å²) in [6.45, 7) is 4.40. The Hall–Kier alpha value is -2.27. The normalized spacial score (nSPS) is 12.3. The largest absolute Gasteiger partial charge is 0.497 e. The number of benzene rings is 1. The van der Waals surface area contributed by atoms with Gasteiger partial charge in [-0.1, -0.05) is 12.1 Å². The van der Waals surface area contributed by atoms with E-state index < -0.39 is 0 Å². The molecule has 0 spiro atoms. The van der Waals surface area contributed by atoms with Crippen molar-refractivity contribution in [3.8, 4) is 5.75 Å². The molecule has 2 rings (SSSR count). The fraction of sp³-hybridized carbons (Fsp3) is 0.389. The molecule has 0 unspecified atom stereocenters. The van der Waals surface area contributed by atoms with Gasteiger partial charge in [0.15, 0.2) is 5.76 Å². The van der Waals surface area contributed by atoms with E-state index in [1.807, 2.05) is 63.2 Å². The van der Waals surface area contributed by atoms with Crippen molar-refractivity contribution in [1.82, 2.24) is 10.2 Å². The highest BCUT2D eigenvalue weighted by Crippen LogP contribution is 2.20. The van der Waals surface area contributed by atoms with Crippen LogP contribution in [0.25, 0.3) is 0 Å². The first kappa shape index (κ1) is 17.1. The summed E-state index contributed by atoms with van der Waals surface area (Å²) in [4.78, 5) is 14.6. The number of aryl methyl sites for hydroxylation is 2. The van der Waals surface area contributed by atoms with Crippen molar-refractivity contribution in [2.24, 2.45) is 0 Å². The number of hydrogen-bond donors (Lipinski definition) is 1. The summed E-state index contributed by atoms with van der Waals surface area (Å²) in [5, 5.41) is 3.06. The number of nitrogens with zero attached hydrogens (tertiary/aromatic N) is 1.